The number of ketones is 1. The van der Waals surface area contributed by atoms with Crippen LogP contribution in [0.5, 0.6) is 0 Å². The SMILES string of the molecule is O=C1CO[C@H]2CCN(C(=O)N3CCC(C(F)(F)c4ccc(C(F)(F)F)cc4)CC3)C[C@H]2C1. The average Bonchev–Trinajstić information content (AvgIpc) is 2.77. The molecule has 5 nitrogen and oxygen atoms in total. The molecule has 3 aliphatic heterocycles. The van der Waals surface area contributed by atoms with Gasteiger partial charge in [-0.05, 0) is 31.4 Å². The van der Waals surface area contributed by atoms with Gasteiger partial charge in [0.2, 0.25) is 0 Å². The lowest BCUT2D eigenvalue weighted by Gasteiger charge is -2.43. The van der Waals surface area contributed by atoms with Crippen LogP contribution in [0.4, 0.5) is 26.7 Å². The summed E-state index contributed by atoms with van der Waals surface area (Å²) >= 11 is 0. The van der Waals surface area contributed by atoms with Crippen LogP contribution < -0.4 is 0 Å². The Kier molecular flexibility index (Phi) is 6.17. The molecule has 3 fully saturated rings. The van der Waals surface area contributed by atoms with Crippen molar-refractivity contribution in [2.24, 2.45) is 11.8 Å². The van der Waals surface area contributed by atoms with Gasteiger partial charge in [-0.15, -0.1) is 0 Å². The number of carbonyl (C=O) groups excluding carboxylic acids is 2. The van der Waals surface area contributed by atoms with Crippen molar-refractivity contribution in [1.82, 2.24) is 9.80 Å². The van der Waals surface area contributed by atoms with Crippen molar-refractivity contribution in [2.45, 2.75) is 43.9 Å². The number of likely N-dealkylation sites (tertiary alicyclic amines) is 2. The number of rotatable bonds is 2. The summed E-state index contributed by atoms with van der Waals surface area (Å²) in [6.45, 7) is 1.34. The zero-order valence-corrected chi connectivity index (χ0v) is 17.4. The van der Waals surface area contributed by atoms with Gasteiger partial charge >= 0.3 is 12.2 Å². The minimum absolute atomic E-state index is 0.0202. The molecule has 0 unspecified atom stereocenters. The highest BCUT2D eigenvalue weighted by atomic mass is 19.4. The molecule has 10 heteroatoms. The van der Waals surface area contributed by atoms with Gasteiger partial charge in [-0.1, -0.05) is 12.1 Å². The number of hydrogen-bond donors (Lipinski definition) is 0. The highest BCUT2D eigenvalue weighted by Crippen LogP contribution is 2.42. The van der Waals surface area contributed by atoms with Gasteiger partial charge < -0.3 is 14.5 Å². The Balaban J connectivity index is 1.34. The molecule has 0 spiro atoms. The first-order valence-electron chi connectivity index (χ1n) is 10.8. The molecule has 3 heterocycles. The van der Waals surface area contributed by atoms with Gasteiger partial charge in [-0.25, -0.2) is 13.6 Å². The molecule has 0 aromatic heterocycles. The lowest BCUT2D eigenvalue weighted by molar-refractivity contribution is -0.140. The Morgan fingerprint density at radius 2 is 1.50 bits per heavy atom. The predicted molar refractivity (Wildman–Crippen MR) is 104 cm³/mol. The molecule has 0 bridgehead atoms. The smallest absolute Gasteiger partial charge is 0.370 e. The number of hydrogen-bond acceptors (Lipinski definition) is 3. The van der Waals surface area contributed by atoms with Crippen molar-refractivity contribution in [3.63, 3.8) is 0 Å². The molecule has 32 heavy (non-hydrogen) atoms. The molecule has 2 amide bonds. The molecule has 1 aromatic rings. The molecule has 0 N–H and O–H groups in total. The lowest BCUT2D eigenvalue weighted by atomic mass is 9.86. The summed E-state index contributed by atoms with van der Waals surface area (Å²) in [7, 11) is 0. The Morgan fingerprint density at radius 1 is 0.906 bits per heavy atom. The van der Waals surface area contributed by atoms with Crippen LogP contribution >= 0.6 is 0 Å². The number of ether oxygens (including phenoxy) is 1. The van der Waals surface area contributed by atoms with E-state index >= 15 is 0 Å². The fourth-order valence-corrected chi connectivity index (χ4v) is 4.90. The number of amides is 2. The van der Waals surface area contributed by atoms with Crippen molar-refractivity contribution < 1.29 is 36.3 Å². The monoisotopic (exact) mass is 460 g/mol. The molecule has 2 atom stereocenters. The normalized spacial score (nSPS) is 25.6. The minimum Gasteiger partial charge on any atom is -0.370 e. The molecular weight excluding hydrogens is 435 g/mol. The number of urea groups is 1. The largest absolute Gasteiger partial charge is 0.416 e. The molecule has 0 aliphatic carbocycles. The number of halogens is 5. The number of fused-ring (bicyclic) bond motifs is 1. The van der Waals surface area contributed by atoms with Gasteiger partial charge in [-0.2, -0.15) is 13.2 Å². The van der Waals surface area contributed by atoms with E-state index in [1.54, 1.807) is 9.80 Å². The van der Waals surface area contributed by atoms with E-state index in [-0.39, 0.29) is 56.4 Å². The second-order valence-electron chi connectivity index (χ2n) is 8.83. The first-order valence-corrected chi connectivity index (χ1v) is 10.8. The third-order valence-electron chi connectivity index (χ3n) is 6.76. The Hall–Kier alpha value is -2.23. The highest BCUT2D eigenvalue weighted by molar-refractivity contribution is 5.81. The van der Waals surface area contributed by atoms with Crippen molar-refractivity contribution in [1.29, 1.82) is 0 Å². The Bertz CT molecular complexity index is 850. The first-order chi connectivity index (χ1) is 15.1. The summed E-state index contributed by atoms with van der Waals surface area (Å²) in [5.41, 5.74) is -1.41. The molecule has 0 radical (unpaired) electrons. The molecular formula is C22H25F5N2O3. The van der Waals surface area contributed by atoms with E-state index in [9.17, 15) is 31.5 Å². The van der Waals surface area contributed by atoms with Gasteiger partial charge in [0, 0.05) is 50.0 Å². The van der Waals surface area contributed by atoms with E-state index in [0.29, 0.717) is 38.1 Å². The summed E-state index contributed by atoms with van der Waals surface area (Å²) in [5, 5.41) is 0. The predicted octanol–water partition coefficient (Wildman–Crippen LogP) is 4.31. The van der Waals surface area contributed by atoms with Gasteiger partial charge in [0.1, 0.15) is 6.61 Å². The number of alkyl halides is 5. The van der Waals surface area contributed by atoms with Crippen LogP contribution in [0.25, 0.3) is 0 Å². The second-order valence-corrected chi connectivity index (χ2v) is 8.83. The first kappa shape index (κ1) is 22.9. The van der Waals surface area contributed by atoms with E-state index in [1.165, 1.54) is 0 Å². The number of nitrogens with zero attached hydrogens (tertiary/aromatic N) is 2. The topological polar surface area (TPSA) is 49.9 Å². The van der Waals surface area contributed by atoms with Gasteiger partial charge in [-0.3, -0.25) is 4.79 Å². The molecule has 3 saturated heterocycles. The van der Waals surface area contributed by atoms with Crippen LogP contribution in [0.1, 0.15) is 36.8 Å². The molecule has 176 valence electrons. The second kappa shape index (κ2) is 8.61. The van der Waals surface area contributed by atoms with Crippen molar-refractivity contribution in [2.75, 3.05) is 32.8 Å². The fraction of sp³-hybridized carbons (Fsp3) is 0.636. The number of piperidine rings is 2. The summed E-state index contributed by atoms with van der Waals surface area (Å²) in [6, 6.07) is 2.78. The summed E-state index contributed by atoms with van der Waals surface area (Å²) in [4.78, 5) is 27.8. The van der Waals surface area contributed by atoms with E-state index in [4.69, 9.17) is 4.74 Å². The van der Waals surface area contributed by atoms with E-state index in [2.05, 4.69) is 0 Å². The summed E-state index contributed by atoms with van der Waals surface area (Å²) < 4.78 is 73.5. The van der Waals surface area contributed by atoms with Gasteiger partial charge in [0.05, 0.1) is 11.7 Å². The molecule has 3 aliphatic rings. The van der Waals surface area contributed by atoms with Crippen LogP contribution in [0.2, 0.25) is 0 Å². The maximum Gasteiger partial charge on any atom is 0.416 e. The molecule has 0 saturated carbocycles. The zero-order chi connectivity index (χ0) is 23.1. The Morgan fingerprint density at radius 3 is 2.12 bits per heavy atom. The van der Waals surface area contributed by atoms with Crippen molar-refractivity contribution in [3.8, 4) is 0 Å². The molecule has 4 rings (SSSR count). The van der Waals surface area contributed by atoms with Crippen LogP contribution in [0.3, 0.4) is 0 Å². The minimum atomic E-state index is -4.58. The van der Waals surface area contributed by atoms with Crippen LogP contribution in [0.15, 0.2) is 24.3 Å². The van der Waals surface area contributed by atoms with Crippen LogP contribution in [0, 0.1) is 11.8 Å². The van der Waals surface area contributed by atoms with Crippen LogP contribution in [-0.2, 0) is 21.6 Å². The van der Waals surface area contributed by atoms with Gasteiger partial charge in [0.15, 0.2) is 5.78 Å². The van der Waals surface area contributed by atoms with Gasteiger partial charge in [0.25, 0.3) is 5.92 Å². The van der Waals surface area contributed by atoms with E-state index in [1.807, 2.05) is 0 Å². The van der Waals surface area contributed by atoms with E-state index in [0.717, 1.165) is 12.1 Å². The average molecular weight is 460 g/mol. The number of Topliss-reactive ketones (excluding diaryl/α,β-unsaturated/α-hetero) is 1. The summed E-state index contributed by atoms with van der Waals surface area (Å²) in [6.07, 6.45) is -3.46. The maximum absolute atomic E-state index is 14.9. The third-order valence-corrected chi connectivity index (χ3v) is 6.76. The zero-order valence-electron chi connectivity index (χ0n) is 17.4. The Labute approximate surface area is 182 Å². The number of carbonyl (C=O) groups is 2. The maximum atomic E-state index is 14.9. The van der Waals surface area contributed by atoms with Crippen molar-refractivity contribution in [3.05, 3.63) is 35.4 Å². The lowest BCUT2D eigenvalue weighted by Crippen LogP contribution is -2.55. The van der Waals surface area contributed by atoms with Crippen molar-refractivity contribution >= 4 is 11.8 Å². The third kappa shape index (κ3) is 4.60. The quantitative estimate of drug-likeness (QED) is 0.619. The fourth-order valence-electron chi connectivity index (χ4n) is 4.90. The van der Waals surface area contributed by atoms with Crippen LogP contribution in [-0.4, -0.2) is 60.5 Å². The molecule has 1 aromatic carbocycles. The highest BCUT2D eigenvalue weighted by Gasteiger charge is 2.45. The summed E-state index contributed by atoms with van der Waals surface area (Å²) in [5.74, 6) is -4.35. The van der Waals surface area contributed by atoms with E-state index < -0.39 is 29.1 Å². The number of benzene rings is 1. The standard InChI is InChI=1S/C22H25F5N2O3/c23-21(24,15-1-3-17(4-2-15)22(25,26)27)16-5-8-28(9-6-16)20(31)29-10-7-19-14(12-29)11-18(30)13-32-19/h1-4,14,16,19H,5-13H2/t14-,19+/m1/s1.